The summed E-state index contributed by atoms with van der Waals surface area (Å²) >= 11 is 0. The number of carbonyl (C=O) groups is 1. The lowest BCUT2D eigenvalue weighted by Crippen LogP contribution is -2.51. The van der Waals surface area contributed by atoms with Crippen LogP contribution in [0.3, 0.4) is 0 Å². The number of urea groups is 1. The van der Waals surface area contributed by atoms with Gasteiger partial charge in [0, 0.05) is 0 Å². The molecule has 3 aromatic rings. The topological polar surface area (TPSA) is 57.7 Å². The zero-order valence-electron chi connectivity index (χ0n) is 16.4. The van der Waals surface area contributed by atoms with Crippen molar-refractivity contribution >= 4 is 27.4 Å². The summed E-state index contributed by atoms with van der Waals surface area (Å²) in [6.45, 7) is 4.22. The van der Waals surface area contributed by atoms with Gasteiger partial charge in [0.15, 0.2) is 0 Å². The molecule has 0 radical (unpaired) electrons. The zero-order valence-corrected chi connectivity index (χ0v) is 17.2. The van der Waals surface area contributed by atoms with E-state index in [1.54, 1.807) is 41.3 Å². The van der Waals surface area contributed by atoms with Gasteiger partial charge in [0.05, 0.1) is 17.9 Å². The zero-order chi connectivity index (χ0) is 20.6. The maximum atomic E-state index is 13.6. The number of nitrogens with zero attached hydrogens (tertiary/aromatic N) is 2. The molecule has 6 heteroatoms. The number of carbonyl (C=O) groups excluding carboxylic acids is 1. The fourth-order valence-corrected chi connectivity index (χ4v) is 5.29. The van der Waals surface area contributed by atoms with Gasteiger partial charge in [0.1, 0.15) is 4.90 Å². The summed E-state index contributed by atoms with van der Waals surface area (Å²) in [5.74, 6) is 0. The van der Waals surface area contributed by atoms with Gasteiger partial charge in [0.2, 0.25) is 0 Å². The van der Waals surface area contributed by atoms with Crippen molar-refractivity contribution in [2.75, 3.05) is 9.21 Å². The first-order chi connectivity index (χ1) is 13.9. The summed E-state index contributed by atoms with van der Waals surface area (Å²) in [5.41, 5.74) is 3.64. The van der Waals surface area contributed by atoms with Crippen molar-refractivity contribution in [3.8, 4) is 0 Å². The molecule has 1 heterocycles. The third-order valence-corrected chi connectivity index (χ3v) is 6.99. The lowest BCUT2D eigenvalue weighted by Gasteiger charge is -2.37. The molecule has 0 atom stereocenters. The number of anilines is 2. The van der Waals surface area contributed by atoms with Gasteiger partial charge >= 0.3 is 6.03 Å². The van der Waals surface area contributed by atoms with Crippen LogP contribution in [0.5, 0.6) is 0 Å². The van der Waals surface area contributed by atoms with Gasteiger partial charge in [-0.15, -0.1) is 0 Å². The van der Waals surface area contributed by atoms with E-state index in [9.17, 15) is 13.2 Å². The highest BCUT2D eigenvalue weighted by Crippen LogP contribution is 2.39. The number of benzene rings is 3. The van der Waals surface area contributed by atoms with Crippen LogP contribution in [0.1, 0.15) is 23.6 Å². The molecular formula is C23H22N2O3S. The van der Waals surface area contributed by atoms with E-state index in [2.05, 4.69) is 0 Å². The van der Waals surface area contributed by atoms with Gasteiger partial charge in [0.25, 0.3) is 10.0 Å². The van der Waals surface area contributed by atoms with Gasteiger partial charge in [-0.25, -0.2) is 13.2 Å². The average molecular weight is 407 g/mol. The molecule has 0 saturated carbocycles. The Bertz CT molecular complexity index is 1190. The molecule has 0 aliphatic carbocycles. The van der Waals surface area contributed by atoms with Crippen LogP contribution in [0, 0.1) is 6.92 Å². The van der Waals surface area contributed by atoms with Crippen LogP contribution in [0.25, 0.3) is 0 Å². The summed E-state index contributed by atoms with van der Waals surface area (Å²) in [7, 11) is -4.01. The summed E-state index contributed by atoms with van der Waals surface area (Å²) in [4.78, 5) is 15.2. The summed E-state index contributed by atoms with van der Waals surface area (Å²) in [5, 5.41) is 0. The van der Waals surface area contributed by atoms with Crippen molar-refractivity contribution in [2.24, 2.45) is 0 Å². The molecule has 0 spiro atoms. The Labute approximate surface area is 171 Å². The first-order valence-electron chi connectivity index (χ1n) is 9.53. The van der Waals surface area contributed by atoms with Gasteiger partial charge in [-0.2, -0.15) is 4.31 Å². The smallest absolute Gasteiger partial charge is 0.287 e. The predicted octanol–water partition coefficient (Wildman–Crippen LogP) is 4.89. The van der Waals surface area contributed by atoms with E-state index >= 15 is 0 Å². The van der Waals surface area contributed by atoms with Crippen molar-refractivity contribution in [2.45, 2.75) is 31.7 Å². The van der Waals surface area contributed by atoms with Crippen LogP contribution < -0.4 is 9.21 Å². The van der Waals surface area contributed by atoms with Crippen molar-refractivity contribution < 1.29 is 13.2 Å². The van der Waals surface area contributed by atoms with Crippen molar-refractivity contribution in [1.29, 1.82) is 0 Å². The Hall–Kier alpha value is -3.12. The average Bonchev–Trinajstić information content (AvgIpc) is 2.73. The second-order valence-electron chi connectivity index (χ2n) is 7.01. The number of para-hydroxylation sites is 2. The number of amides is 2. The Morgan fingerprint density at radius 1 is 0.793 bits per heavy atom. The molecule has 0 saturated heterocycles. The highest BCUT2D eigenvalue weighted by Gasteiger charge is 2.43. The second-order valence-corrected chi connectivity index (χ2v) is 8.77. The van der Waals surface area contributed by atoms with Crippen LogP contribution in [0.15, 0.2) is 77.7 Å². The lowest BCUT2D eigenvalue weighted by atomic mass is 10.1. The monoisotopic (exact) mass is 406 g/mol. The molecule has 0 aromatic heterocycles. The van der Waals surface area contributed by atoms with Gasteiger partial charge in [-0.3, -0.25) is 4.90 Å². The van der Waals surface area contributed by atoms with E-state index in [4.69, 9.17) is 0 Å². The SMILES string of the molecule is CCc1ccccc1N1C(=O)N(Cc2ccccc2C)c2ccccc2S1(=O)=O. The van der Waals surface area contributed by atoms with Crippen LogP contribution >= 0.6 is 0 Å². The Morgan fingerprint density at radius 2 is 1.38 bits per heavy atom. The lowest BCUT2D eigenvalue weighted by molar-refractivity contribution is 0.253. The second kappa shape index (κ2) is 7.37. The quantitative estimate of drug-likeness (QED) is 0.620. The Balaban J connectivity index is 1.91. The molecule has 0 unspecified atom stereocenters. The molecule has 0 fully saturated rings. The molecule has 5 nitrogen and oxygen atoms in total. The van der Waals surface area contributed by atoms with Crippen molar-refractivity contribution in [1.82, 2.24) is 0 Å². The highest BCUT2D eigenvalue weighted by atomic mass is 32.2. The third-order valence-electron chi connectivity index (χ3n) is 5.26. The molecule has 3 aromatic carbocycles. The summed E-state index contributed by atoms with van der Waals surface area (Å²) < 4.78 is 27.8. The molecule has 0 bridgehead atoms. The molecule has 2 amide bonds. The summed E-state index contributed by atoms with van der Waals surface area (Å²) in [6, 6.07) is 21.1. The molecule has 0 N–H and O–H groups in total. The number of hydrogen-bond donors (Lipinski definition) is 0. The Morgan fingerprint density at radius 3 is 2.07 bits per heavy atom. The molecule has 29 heavy (non-hydrogen) atoms. The first kappa shape index (κ1) is 19.2. The standard InChI is InChI=1S/C23H22N2O3S/c1-3-18-11-6-7-13-20(18)25-23(26)24(16-19-12-5-4-10-17(19)2)21-14-8-9-15-22(21)29(25,27)28/h4-15H,3,16H2,1-2H3. The minimum absolute atomic E-state index is 0.138. The predicted molar refractivity (Wildman–Crippen MR) is 115 cm³/mol. The third kappa shape index (κ3) is 3.19. The molecular weight excluding hydrogens is 384 g/mol. The van der Waals surface area contributed by atoms with E-state index in [0.717, 1.165) is 21.0 Å². The number of aryl methyl sites for hydroxylation is 2. The minimum atomic E-state index is -4.01. The summed E-state index contributed by atoms with van der Waals surface area (Å²) in [6.07, 6.45) is 0.620. The van der Waals surface area contributed by atoms with Crippen LogP contribution in [-0.4, -0.2) is 14.4 Å². The van der Waals surface area contributed by atoms with Crippen LogP contribution in [-0.2, 0) is 23.0 Å². The Kier molecular flexibility index (Phi) is 4.88. The molecule has 1 aliphatic heterocycles. The molecule has 1 aliphatic rings. The maximum absolute atomic E-state index is 13.6. The van der Waals surface area contributed by atoms with E-state index < -0.39 is 16.1 Å². The number of fused-ring (bicyclic) bond motifs is 1. The van der Waals surface area contributed by atoms with Crippen LogP contribution in [0.4, 0.5) is 16.2 Å². The van der Waals surface area contributed by atoms with E-state index in [0.29, 0.717) is 24.3 Å². The number of sulfonamides is 1. The minimum Gasteiger partial charge on any atom is -0.287 e. The van der Waals surface area contributed by atoms with E-state index in [-0.39, 0.29) is 4.90 Å². The normalized spacial score (nSPS) is 15.3. The number of rotatable bonds is 4. The highest BCUT2D eigenvalue weighted by molar-refractivity contribution is 7.94. The van der Waals surface area contributed by atoms with Gasteiger partial charge in [-0.1, -0.05) is 61.5 Å². The fraction of sp³-hybridized carbons (Fsp3) is 0.174. The van der Waals surface area contributed by atoms with Crippen LogP contribution in [0.2, 0.25) is 0 Å². The van der Waals surface area contributed by atoms with E-state index in [1.165, 1.54) is 0 Å². The maximum Gasteiger partial charge on any atom is 0.343 e. The first-order valence-corrected chi connectivity index (χ1v) is 11.0. The molecule has 148 valence electrons. The number of hydrogen-bond acceptors (Lipinski definition) is 3. The fourth-order valence-electron chi connectivity index (χ4n) is 3.66. The van der Waals surface area contributed by atoms with Crippen molar-refractivity contribution in [3.05, 3.63) is 89.5 Å². The molecule has 4 rings (SSSR count). The van der Waals surface area contributed by atoms with Crippen molar-refractivity contribution in [3.63, 3.8) is 0 Å². The largest absolute Gasteiger partial charge is 0.343 e. The van der Waals surface area contributed by atoms with Gasteiger partial charge < -0.3 is 0 Å². The van der Waals surface area contributed by atoms with Gasteiger partial charge in [-0.05, 0) is 48.2 Å². The van der Waals surface area contributed by atoms with E-state index in [1.807, 2.05) is 50.2 Å².